The number of amides is 2. The summed E-state index contributed by atoms with van der Waals surface area (Å²) in [5, 5.41) is 11.4. The first kappa shape index (κ1) is 27.2. The van der Waals surface area contributed by atoms with Gasteiger partial charge in [-0.05, 0) is 74.1 Å². The molecule has 0 saturated carbocycles. The highest BCUT2D eigenvalue weighted by molar-refractivity contribution is 6.46. The number of pyridine rings is 1. The number of benzene rings is 1. The quantitative estimate of drug-likeness (QED) is 0.325. The van der Waals surface area contributed by atoms with E-state index in [9.17, 15) is 19.5 Å². The molecule has 2 aliphatic heterocycles. The second kappa shape index (κ2) is 11.7. The minimum absolute atomic E-state index is 0.0456. The molecule has 38 heavy (non-hydrogen) atoms. The number of ketones is 1. The van der Waals surface area contributed by atoms with Gasteiger partial charge in [-0.25, -0.2) is 4.79 Å². The van der Waals surface area contributed by atoms with Crippen LogP contribution in [-0.4, -0.2) is 70.0 Å². The van der Waals surface area contributed by atoms with Crippen LogP contribution in [0.25, 0.3) is 5.76 Å². The van der Waals surface area contributed by atoms with Crippen LogP contribution >= 0.6 is 0 Å². The summed E-state index contributed by atoms with van der Waals surface area (Å²) in [5.74, 6) is -0.542. The van der Waals surface area contributed by atoms with Crippen molar-refractivity contribution in [3.8, 4) is 5.75 Å². The van der Waals surface area contributed by atoms with Gasteiger partial charge < -0.3 is 24.4 Å². The number of ether oxygens (including phenoxy) is 2. The Hall–Kier alpha value is -3.88. The largest absolute Gasteiger partial charge is 0.507 e. The molecule has 1 N–H and O–H groups in total. The minimum Gasteiger partial charge on any atom is -0.507 e. The molecule has 2 saturated heterocycles. The zero-order chi connectivity index (χ0) is 27.4. The summed E-state index contributed by atoms with van der Waals surface area (Å²) in [6.07, 6.45) is 3.81. The fraction of sp³-hybridized carbons (Fsp3) is 0.448. The van der Waals surface area contributed by atoms with Crippen LogP contribution in [-0.2, 0) is 14.3 Å². The molecule has 2 amide bonds. The third-order valence-corrected chi connectivity index (χ3v) is 6.91. The fourth-order valence-corrected chi connectivity index (χ4v) is 5.01. The number of Topliss-reactive ketones (excluding diaryl/α,β-unsaturated/α-hetero) is 1. The van der Waals surface area contributed by atoms with Crippen molar-refractivity contribution in [2.24, 2.45) is 5.92 Å². The molecule has 1 aromatic heterocycles. The van der Waals surface area contributed by atoms with Crippen LogP contribution in [0.5, 0.6) is 5.75 Å². The van der Waals surface area contributed by atoms with Gasteiger partial charge in [0.15, 0.2) is 0 Å². The molecule has 2 aromatic rings. The maximum atomic E-state index is 13.4. The van der Waals surface area contributed by atoms with E-state index in [1.54, 1.807) is 59.4 Å². The lowest BCUT2D eigenvalue weighted by molar-refractivity contribution is -0.142. The zero-order valence-electron chi connectivity index (χ0n) is 22.3. The predicted octanol–water partition coefficient (Wildman–Crippen LogP) is 4.47. The van der Waals surface area contributed by atoms with Crippen molar-refractivity contribution in [3.05, 3.63) is 65.0 Å². The van der Waals surface area contributed by atoms with Crippen LogP contribution in [0.2, 0.25) is 0 Å². The van der Waals surface area contributed by atoms with Crippen LogP contribution in [0.15, 0.2) is 48.3 Å². The molecule has 4 rings (SSSR count). The summed E-state index contributed by atoms with van der Waals surface area (Å²) in [6, 6.07) is 7.68. The Balaban J connectivity index is 1.69. The topological polar surface area (TPSA) is 109 Å². The number of aromatic nitrogens is 1. The van der Waals surface area contributed by atoms with E-state index >= 15 is 0 Å². The number of carbonyl (C=O) groups excluding carboxylic acids is 3. The number of hydrogen-bond acceptors (Lipinski definition) is 7. The molecule has 1 atom stereocenters. The number of likely N-dealkylation sites (tertiary alicyclic amines) is 2. The summed E-state index contributed by atoms with van der Waals surface area (Å²) in [6.45, 7) is 9.44. The molecule has 0 spiro atoms. The predicted molar refractivity (Wildman–Crippen MR) is 142 cm³/mol. The lowest BCUT2D eigenvalue weighted by atomic mass is 9.94. The van der Waals surface area contributed by atoms with Crippen molar-refractivity contribution in [2.75, 3.05) is 26.3 Å². The highest BCUT2D eigenvalue weighted by Gasteiger charge is 2.49. The van der Waals surface area contributed by atoms with Gasteiger partial charge in [0, 0.05) is 37.1 Å². The average molecular weight is 522 g/mol. The number of aryl methyl sites for hydroxylation is 1. The van der Waals surface area contributed by atoms with Gasteiger partial charge in [0.25, 0.3) is 11.7 Å². The van der Waals surface area contributed by atoms with Crippen molar-refractivity contribution in [1.29, 1.82) is 0 Å². The summed E-state index contributed by atoms with van der Waals surface area (Å²) in [7, 11) is 0. The normalized spacial score (nSPS) is 19.8. The van der Waals surface area contributed by atoms with Crippen molar-refractivity contribution >= 4 is 23.5 Å². The van der Waals surface area contributed by atoms with Crippen LogP contribution < -0.4 is 4.74 Å². The SMILES string of the molecule is CCOC(=O)N1CCC(N2C(=O)C(=O)/C(=C(/O)c3ccc(OCC(C)C)c(C)c3)C2c2ccncc2)CC1. The molecule has 202 valence electrons. The van der Waals surface area contributed by atoms with Crippen molar-refractivity contribution in [3.63, 3.8) is 0 Å². The fourth-order valence-electron chi connectivity index (χ4n) is 5.01. The maximum absolute atomic E-state index is 13.4. The second-order valence-electron chi connectivity index (χ2n) is 10.1. The Bertz CT molecular complexity index is 1220. The van der Waals surface area contributed by atoms with Gasteiger partial charge in [0.05, 0.1) is 24.8 Å². The Kier molecular flexibility index (Phi) is 8.34. The number of aliphatic hydroxyl groups excluding tert-OH is 1. The lowest BCUT2D eigenvalue weighted by Crippen LogP contribution is -2.48. The minimum atomic E-state index is -0.769. The van der Waals surface area contributed by atoms with E-state index in [0.717, 1.165) is 5.56 Å². The van der Waals surface area contributed by atoms with E-state index in [4.69, 9.17) is 9.47 Å². The monoisotopic (exact) mass is 521 g/mol. The highest BCUT2D eigenvalue weighted by Crippen LogP contribution is 2.42. The van der Waals surface area contributed by atoms with Crippen molar-refractivity contribution in [2.45, 2.75) is 52.6 Å². The molecule has 0 aliphatic carbocycles. The molecule has 0 bridgehead atoms. The Morgan fingerprint density at radius 2 is 1.82 bits per heavy atom. The molecule has 3 heterocycles. The number of hydrogen-bond donors (Lipinski definition) is 1. The first-order valence-corrected chi connectivity index (χ1v) is 13.1. The molecular formula is C29H35N3O6. The Morgan fingerprint density at radius 1 is 1.13 bits per heavy atom. The summed E-state index contributed by atoms with van der Waals surface area (Å²) in [4.78, 5) is 46.2. The maximum Gasteiger partial charge on any atom is 0.409 e. The van der Waals surface area contributed by atoms with Crippen LogP contribution in [0.4, 0.5) is 4.79 Å². The molecule has 2 aliphatic rings. The standard InChI is InChI=1S/C29H35N3O6/c1-5-37-29(36)31-14-10-22(11-15-31)32-25(20-8-12-30-13-9-20)24(27(34)28(32)35)26(33)21-6-7-23(19(4)16-21)38-17-18(2)3/h6-9,12-13,16,18,22,25,33H,5,10-11,14-15,17H2,1-4H3/b26-24+. The van der Waals surface area contributed by atoms with Gasteiger partial charge in [0.2, 0.25) is 0 Å². The van der Waals surface area contributed by atoms with Crippen LogP contribution in [0, 0.1) is 12.8 Å². The Morgan fingerprint density at radius 3 is 2.42 bits per heavy atom. The molecular weight excluding hydrogens is 486 g/mol. The molecule has 2 fully saturated rings. The molecule has 1 unspecified atom stereocenters. The van der Waals surface area contributed by atoms with Gasteiger partial charge in [-0.2, -0.15) is 0 Å². The van der Waals surface area contributed by atoms with Crippen molar-refractivity contribution in [1.82, 2.24) is 14.8 Å². The highest BCUT2D eigenvalue weighted by atomic mass is 16.6. The first-order chi connectivity index (χ1) is 18.2. The number of aliphatic hydroxyl groups is 1. The molecule has 1 aromatic carbocycles. The number of piperidine rings is 1. The van der Waals surface area contributed by atoms with Gasteiger partial charge in [-0.1, -0.05) is 13.8 Å². The van der Waals surface area contributed by atoms with Gasteiger partial charge in [-0.15, -0.1) is 0 Å². The van der Waals surface area contributed by atoms with Crippen molar-refractivity contribution < 1.29 is 29.0 Å². The van der Waals surface area contributed by atoms with E-state index in [-0.39, 0.29) is 23.5 Å². The van der Waals surface area contributed by atoms with Gasteiger partial charge >= 0.3 is 6.09 Å². The van der Waals surface area contributed by atoms with Gasteiger partial charge in [0.1, 0.15) is 11.5 Å². The zero-order valence-corrected chi connectivity index (χ0v) is 22.3. The summed E-state index contributed by atoms with van der Waals surface area (Å²) < 4.78 is 11.0. The number of carbonyl (C=O) groups is 3. The van der Waals surface area contributed by atoms with E-state index in [1.807, 2.05) is 6.92 Å². The van der Waals surface area contributed by atoms with Crippen LogP contribution in [0.3, 0.4) is 0 Å². The van der Waals surface area contributed by atoms with E-state index in [2.05, 4.69) is 18.8 Å². The van der Waals surface area contributed by atoms with E-state index in [0.29, 0.717) is 61.9 Å². The summed E-state index contributed by atoms with van der Waals surface area (Å²) >= 11 is 0. The lowest BCUT2D eigenvalue weighted by Gasteiger charge is -2.38. The second-order valence-corrected chi connectivity index (χ2v) is 10.1. The van der Waals surface area contributed by atoms with E-state index in [1.165, 1.54) is 0 Å². The smallest absolute Gasteiger partial charge is 0.409 e. The third-order valence-electron chi connectivity index (χ3n) is 6.91. The number of rotatable bonds is 7. The summed E-state index contributed by atoms with van der Waals surface area (Å²) in [5.41, 5.74) is 1.98. The molecule has 0 radical (unpaired) electrons. The molecule has 9 nitrogen and oxygen atoms in total. The number of nitrogens with zero attached hydrogens (tertiary/aromatic N) is 3. The third kappa shape index (κ3) is 5.51. The van der Waals surface area contributed by atoms with E-state index < -0.39 is 17.7 Å². The first-order valence-electron chi connectivity index (χ1n) is 13.1. The average Bonchev–Trinajstić information content (AvgIpc) is 3.18. The van der Waals surface area contributed by atoms with Gasteiger partial charge in [-0.3, -0.25) is 14.6 Å². The Labute approximate surface area is 223 Å². The molecule has 9 heteroatoms. The van der Waals surface area contributed by atoms with Crippen LogP contribution in [0.1, 0.15) is 56.3 Å².